The molecule has 0 aliphatic heterocycles. The summed E-state index contributed by atoms with van der Waals surface area (Å²) in [7, 11) is 1.81. The first kappa shape index (κ1) is 16.4. The van der Waals surface area contributed by atoms with E-state index in [4.69, 9.17) is 0 Å². The summed E-state index contributed by atoms with van der Waals surface area (Å²) in [5, 5.41) is 12.2. The lowest BCUT2D eigenvalue weighted by Crippen LogP contribution is -2.24. The van der Waals surface area contributed by atoms with E-state index >= 15 is 0 Å². The van der Waals surface area contributed by atoms with Crippen LogP contribution in [0.5, 0.6) is 0 Å². The SMILES string of the molecule is Cc1nn(C)c2[nH]c(=O)c(CCC(=O)NCc3ccsc3)c(C)c12. The first-order chi connectivity index (χ1) is 11.5. The fraction of sp³-hybridized carbons (Fsp3) is 0.353. The minimum absolute atomic E-state index is 0.0528. The number of amides is 1. The van der Waals surface area contributed by atoms with E-state index in [-0.39, 0.29) is 11.5 Å². The van der Waals surface area contributed by atoms with Crippen LogP contribution in [0.25, 0.3) is 11.0 Å². The van der Waals surface area contributed by atoms with Gasteiger partial charge in [0.1, 0.15) is 5.65 Å². The largest absolute Gasteiger partial charge is 0.352 e. The number of H-pyrrole nitrogens is 1. The second-order valence-corrected chi connectivity index (χ2v) is 6.68. The molecule has 0 fully saturated rings. The zero-order valence-electron chi connectivity index (χ0n) is 14.0. The van der Waals surface area contributed by atoms with Gasteiger partial charge in [-0.25, -0.2) is 0 Å². The van der Waals surface area contributed by atoms with Crippen LogP contribution < -0.4 is 10.9 Å². The number of aryl methyl sites for hydroxylation is 3. The summed E-state index contributed by atoms with van der Waals surface area (Å²) in [5.74, 6) is -0.0528. The number of hydrogen-bond donors (Lipinski definition) is 2. The standard InChI is InChI=1S/C17H20N4O2S/c1-10-13(4-5-14(22)18-8-12-6-7-24-9-12)17(23)19-16-15(10)11(2)20-21(16)3/h6-7,9H,4-5,8H2,1-3H3,(H,18,22)(H,19,23). The van der Waals surface area contributed by atoms with Crippen LogP contribution in [-0.4, -0.2) is 20.7 Å². The molecule has 3 heterocycles. The van der Waals surface area contributed by atoms with E-state index in [1.165, 1.54) is 0 Å². The van der Waals surface area contributed by atoms with Gasteiger partial charge in [-0.05, 0) is 48.2 Å². The maximum atomic E-state index is 12.3. The number of fused-ring (bicyclic) bond motifs is 1. The lowest BCUT2D eigenvalue weighted by atomic mass is 10.0. The fourth-order valence-electron chi connectivity index (χ4n) is 2.98. The van der Waals surface area contributed by atoms with Gasteiger partial charge in [0.15, 0.2) is 0 Å². The zero-order chi connectivity index (χ0) is 17.3. The van der Waals surface area contributed by atoms with Crippen molar-refractivity contribution in [2.24, 2.45) is 7.05 Å². The van der Waals surface area contributed by atoms with Crippen molar-refractivity contribution >= 4 is 28.3 Å². The topological polar surface area (TPSA) is 79.8 Å². The van der Waals surface area contributed by atoms with E-state index in [0.717, 1.165) is 27.9 Å². The summed E-state index contributed by atoms with van der Waals surface area (Å²) < 4.78 is 1.68. The number of carbonyl (C=O) groups excluding carboxylic acids is 1. The molecule has 6 nitrogen and oxygen atoms in total. The predicted molar refractivity (Wildman–Crippen MR) is 95.3 cm³/mol. The van der Waals surface area contributed by atoms with Crippen molar-refractivity contribution in [3.05, 3.63) is 49.6 Å². The average molecular weight is 344 g/mol. The molecule has 3 aromatic heterocycles. The molecule has 2 N–H and O–H groups in total. The number of rotatable bonds is 5. The van der Waals surface area contributed by atoms with Crippen molar-refractivity contribution in [3.8, 4) is 0 Å². The van der Waals surface area contributed by atoms with E-state index < -0.39 is 0 Å². The highest BCUT2D eigenvalue weighted by molar-refractivity contribution is 7.07. The highest BCUT2D eigenvalue weighted by Gasteiger charge is 2.15. The molecule has 24 heavy (non-hydrogen) atoms. The Kier molecular flexibility index (Phi) is 4.53. The van der Waals surface area contributed by atoms with Crippen LogP contribution in [0.3, 0.4) is 0 Å². The van der Waals surface area contributed by atoms with Gasteiger partial charge in [-0.2, -0.15) is 16.4 Å². The van der Waals surface area contributed by atoms with Gasteiger partial charge in [0.25, 0.3) is 5.56 Å². The molecule has 0 aliphatic rings. The van der Waals surface area contributed by atoms with E-state index in [2.05, 4.69) is 15.4 Å². The van der Waals surface area contributed by atoms with Crippen molar-refractivity contribution in [3.63, 3.8) is 0 Å². The van der Waals surface area contributed by atoms with Crippen molar-refractivity contribution < 1.29 is 4.79 Å². The van der Waals surface area contributed by atoms with Crippen LogP contribution in [0, 0.1) is 13.8 Å². The second-order valence-electron chi connectivity index (χ2n) is 5.90. The number of hydrogen-bond acceptors (Lipinski definition) is 4. The van der Waals surface area contributed by atoms with Gasteiger partial charge in [0, 0.05) is 31.0 Å². The summed E-state index contributed by atoms with van der Waals surface area (Å²) in [6, 6.07) is 1.99. The molecule has 0 aromatic carbocycles. The van der Waals surface area contributed by atoms with Crippen molar-refractivity contribution in [1.82, 2.24) is 20.1 Å². The molecule has 0 radical (unpaired) electrons. The quantitative estimate of drug-likeness (QED) is 0.744. The molecule has 0 unspecified atom stereocenters. The molecule has 3 aromatic rings. The Balaban J connectivity index is 1.74. The summed E-state index contributed by atoms with van der Waals surface area (Å²) in [5.41, 5.74) is 4.11. The van der Waals surface area contributed by atoms with Crippen LogP contribution >= 0.6 is 11.3 Å². The Hall–Kier alpha value is -2.41. The van der Waals surface area contributed by atoms with Crippen LogP contribution in [0.2, 0.25) is 0 Å². The number of aromatic nitrogens is 3. The highest BCUT2D eigenvalue weighted by Crippen LogP contribution is 2.21. The first-order valence-electron chi connectivity index (χ1n) is 7.80. The van der Waals surface area contributed by atoms with Crippen LogP contribution in [0.1, 0.15) is 28.8 Å². The van der Waals surface area contributed by atoms with Crippen LogP contribution in [0.15, 0.2) is 21.6 Å². The number of carbonyl (C=O) groups is 1. The number of nitrogens with one attached hydrogen (secondary N) is 2. The number of aromatic amines is 1. The van der Waals surface area contributed by atoms with Gasteiger partial charge in [-0.1, -0.05) is 0 Å². The molecule has 0 atom stereocenters. The van der Waals surface area contributed by atoms with Gasteiger partial charge in [-0.15, -0.1) is 0 Å². The maximum Gasteiger partial charge on any atom is 0.253 e. The minimum atomic E-state index is -0.145. The second kappa shape index (κ2) is 6.60. The molecule has 126 valence electrons. The lowest BCUT2D eigenvalue weighted by Gasteiger charge is -2.08. The Morgan fingerprint density at radius 2 is 2.21 bits per heavy atom. The third-order valence-electron chi connectivity index (χ3n) is 4.23. The van der Waals surface area contributed by atoms with Crippen molar-refractivity contribution in [2.45, 2.75) is 33.2 Å². The Morgan fingerprint density at radius 3 is 2.92 bits per heavy atom. The van der Waals surface area contributed by atoms with Crippen molar-refractivity contribution in [1.29, 1.82) is 0 Å². The molecule has 3 rings (SSSR count). The summed E-state index contributed by atoms with van der Waals surface area (Å²) in [6.45, 7) is 4.37. The molecule has 0 aliphatic carbocycles. The van der Waals surface area contributed by atoms with Gasteiger partial charge >= 0.3 is 0 Å². The highest BCUT2D eigenvalue weighted by atomic mass is 32.1. The Bertz CT molecular complexity index is 938. The third-order valence-corrected chi connectivity index (χ3v) is 4.96. The lowest BCUT2D eigenvalue weighted by molar-refractivity contribution is -0.121. The zero-order valence-corrected chi connectivity index (χ0v) is 14.8. The molecular formula is C17H20N4O2S. The fourth-order valence-corrected chi connectivity index (χ4v) is 3.65. The van der Waals surface area contributed by atoms with Crippen molar-refractivity contribution in [2.75, 3.05) is 0 Å². The van der Waals surface area contributed by atoms with Gasteiger partial charge in [0.2, 0.25) is 5.91 Å². The smallest absolute Gasteiger partial charge is 0.253 e. The summed E-state index contributed by atoms with van der Waals surface area (Å²) >= 11 is 1.61. The normalized spacial score (nSPS) is 11.1. The van der Waals surface area contributed by atoms with E-state index in [9.17, 15) is 9.59 Å². The van der Waals surface area contributed by atoms with Gasteiger partial charge in [0.05, 0.1) is 5.69 Å². The molecule has 7 heteroatoms. The predicted octanol–water partition coefficient (Wildman–Crippen LogP) is 2.19. The molecule has 0 spiro atoms. The average Bonchev–Trinajstić information content (AvgIpc) is 3.13. The van der Waals surface area contributed by atoms with Crippen LogP contribution in [-0.2, 0) is 24.8 Å². The Labute approximate surface area is 143 Å². The summed E-state index contributed by atoms with van der Waals surface area (Å²) in [4.78, 5) is 27.3. The number of nitrogens with zero attached hydrogens (tertiary/aromatic N) is 2. The number of pyridine rings is 1. The third kappa shape index (κ3) is 3.12. The van der Waals surface area contributed by atoms with Crippen LogP contribution in [0.4, 0.5) is 0 Å². The molecule has 0 saturated carbocycles. The molecule has 0 saturated heterocycles. The molecule has 0 bridgehead atoms. The molecular weight excluding hydrogens is 324 g/mol. The van der Waals surface area contributed by atoms with Gasteiger partial charge in [-0.3, -0.25) is 14.3 Å². The monoisotopic (exact) mass is 344 g/mol. The Morgan fingerprint density at radius 1 is 1.42 bits per heavy atom. The first-order valence-corrected chi connectivity index (χ1v) is 8.74. The maximum absolute atomic E-state index is 12.3. The summed E-state index contributed by atoms with van der Waals surface area (Å²) in [6.07, 6.45) is 0.708. The number of thiophene rings is 1. The van der Waals surface area contributed by atoms with E-state index in [1.54, 1.807) is 16.0 Å². The molecule has 1 amide bonds. The van der Waals surface area contributed by atoms with Gasteiger partial charge < -0.3 is 10.3 Å². The van der Waals surface area contributed by atoms with E-state index in [0.29, 0.717) is 24.9 Å². The minimum Gasteiger partial charge on any atom is -0.352 e. The van der Waals surface area contributed by atoms with E-state index in [1.807, 2.05) is 37.7 Å².